The van der Waals surface area contributed by atoms with E-state index in [9.17, 15) is 0 Å². The van der Waals surface area contributed by atoms with Crippen molar-refractivity contribution >= 4 is 12.6 Å². The van der Waals surface area contributed by atoms with Crippen LogP contribution in [-0.2, 0) is 0 Å². The molecule has 0 aromatic rings. The highest BCUT2D eigenvalue weighted by molar-refractivity contribution is 7.84. The van der Waals surface area contributed by atoms with E-state index in [-0.39, 0.29) is 0 Å². The Kier molecular flexibility index (Phi) is 2.37. The summed E-state index contributed by atoms with van der Waals surface area (Å²) >= 11 is 4.43. The molecule has 0 aromatic carbocycles. The van der Waals surface area contributed by atoms with Crippen LogP contribution in [-0.4, -0.2) is 0 Å². The van der Waals surface area contributed by atoms with E-state index in [1.165, 1.54) is 11.1 Å². The van der Waals surface area contributed by atoms with Crippen molar-refractivity contribution in [3.05, 3.63) is 70.7 Å². The van der Waals surface area contributed by atoms with Gasteiger partial charge in [-0.25, -0.2) is 0 Å². The zero-order valence-corrected chi connectivity index (χ0v) is 8.04. The molecule has 0 N–H and O–H groups in total. The third kappa shape index (κ3) is 1.76. The molecule has 0 fully saturated rings. The number of rotatable bonds is 0. The summed E-state index contributed by atoms with van der Waals surface area (Å²) in [6.45, 7) is 0. The normalized spacial score (nSPS) is 19.6. The van der Waals surface area contributed by atoms with Gasteiger partial charge in [-0.15, -0.1) is 12.6 Å². The molecule has 2 aliphatic carbocycles. The van der Waals surface area contributed by atoms with Gasteiger partial charge in [0.15, 0.2) is 0 Å². The molecule has 0 saturated carbocycles. The van der Waals surface area contributed by atoms with Crippen LogP contribution in [0.15, 0.2) is 70.7 Å². The Hall–Kier alpha value is -1.21. The van der Waals surface area contributed by atoms with Gasteiger partial charge < -0.3 is 0 Å². The summed E-state index contributed by atoms with van der Waals surface area (Å²) in [4.78, 5) is 1.01. The minimum absolute atomic E-state index is 1.01. The lowest BCUT2D eigenvalue weighted by atomic mass is 10.1. The summed E-state index contributed by atoms with van der Waals surface area (Å²) in [5.74, 6) is 0. The van der Waals surface area contributed by atoms with Crippen molar-refractivity contribution in [3.8, 4) is 0 Å². The van der Waals surface area contributed by atoms with E-state index in [0.29, 0.717) is 0 Å². The average molecular weight is 186 g/mol. The van der Waals surface area contributed by atoms with Crippen LogP contribution in [0.25, 0.3) is 0 Å². The Morgan fingerprint density at radius 1 is 0.769 bits per heavy atom. The van der Waals surface area contributed by atoms with Crippen LogP contribution in [0, 0.1) is 0 Å². The van der Waals surface area contributed by atoms with E-state index >= 15 is 0 Å². The fourth-order valence-corrected chi connectivity index (χ4v) is 1.63. The fourth-order valence-electron chi connectivity index (χ4n) is 1.34. The number of allylic oxidation sites excluding steroid dienone is 11. The molecule has 1 heteroatoms. The van der Waals surface area contributed by atoms with Crippen LogP contribution < -0.4 is 0 Å². The molecule has 0 unspecified atom stereocenters. The number of hydrogen-bond acceptors (Lipinski definition) is 1. The van der Waals surface area contributed by atoms with Gasteiger partial charge in [-0.2, -0.15) is 0 Å². The summed E-state index contributed by atoms with van der Waals surface area (Å²) < 4.78 is 0. The van der Waals surface area contributed by atoms with Gasteiger partial charge in [0, 0.05) is 4.91 Å². The SMILES string of the molecule is SC1=CC=CC=C2C=CC=CC=C12. The van der Waals surface area contributed by atoms with Crippen LogP contribution in [0.5, 0.6) is 0 Å². The highest BCUT2D eigenvalue weighted by Gasteiger charge is 2.06. The summed E-state index contributed by atoms with van der Waals surface area (Å²) in [5, 5.41) is 0. The molecule has 0 atom stereocenters. The Labute approximate surface area is 83.8 Å². The predicted molar refractivity (Wildman–Crippen MR) is 60.7 cm³/mol. The first-order valence-electron chi connectivity index (χ1n) is 4.21. The molecule has 64 valence electrons. The first-order chi connectivity index (χ1) is 6.38. The van der Waals surface area contributed by atoms with E-state index in [4.69, 9.17) is 0 Å². The highest BCUT2D eigenvalue weighted by atomic mass is 32.1. The summed E-state index contributed by atoms with van der Waals surface area (Å²) in [7, 11) is 0. The largest absolute Gasteiger partial charge is 0.143 e. The Bertz CT molecular complexity index is 387. The van der Waals surface area contributed by atoms with Gasteiger partial charge in [0.05, 0.1) is 0 Å². The molecule has 0 bridgehead atoms. The minimum atomic E-state index is 1.01. The van der Waals surface area contributed by atoms with Gasteiger partial charge in [-0.1, -0.05) is 48.6 Å². The van der Waals surface area contributed by atoms with Crippen molar-refractivity contribution in [1.29, 1.82) is 0 Å². The van der Waals surface area contributed by atoms with E-state index < -0.39 is 0 Å². The zero-order chi connectivity index (χ0) is 9.10. The molecule has 0 nitrogen and oxygen atoms in total. The number of hydrogen-bond donors (Lipinski definition) is 1. The number of fused-ring (bicyclic) bond motifs is 1. The van der Waals surface area contributed by atoms with Crippen molar-refractivity contribution in [1.82, 2.24) is 0 Å². The monoisotopic (exact) mass is 186 g/mol. The lowest BCUT2D eigenvalue weighted by molar-refractivity contribution is 1.55. The van der Waals surface area contributed by atoms with Crippen LogP contribution in [0.1, 0.15) is 0 Å². The van der Waals surface area contributed by atoms with Crippen molar-refractivity contribution in [2.45, 2.75) is 0 Å². The molecular formula is C12H10S. The van der Waals surface area contributed by atoms with Gasteiger partial charge in [-0.3, -0.25) is 0 Å². The maximum absolute atomic E-state index is 4.43. The second-order valence-corrected chi connectivity index (χ2v) is 3.36. The molecule has 13 heavy (non-hydrogen) atoms. The number of thiol groups is 1. The first-order valence-corrected chi connectivity index (χ1v) is 4.66. The van der Waals surface area contributed by atoms with Gasteiger partial charge in [0.25, 0.3) is 0 Å². The minimum Gasteiger partial charge on any atom is -0.143 e. The average Bonchev–Trinajstić information content (AvgIpc) is 2.43. The molecule has 0 amide bonds. The molecular weight excluding hydrogens is 176 g/mol. The fraction of sp³-hybridized carbons (Fsp3) is 0. The van der Waals surface area contributed by atoms with E-state index in [0.717, 1.165) is 4.91 Å². The van der Waals surface area contributed by atoms with Crippen molar-refractivity contribution in [2.24, 2.45) is 0 Å². The predicted octanol–water partition coefficient (Wildman–Crippen LogP) is 3.35. The third-order valence-electron chi connectivity index (χ3n) is 1.99. The summed E-state index contributed by atoms with van der Waals surface area (Å²) in [6.07, 6.45) is 18.4. The highest BCUT2D eigenvalue weighted by Crippen LogP contribution is 2.26. The van der Waals surface area contributed by atoms with Gasteiger partial charge >= 0.3 is 0 Å². The molecule has 0 saturated heterocycles. The van der Waals surface area contributed by atoms with Crippen LogP contribution in [0.2, 0.25) is 0 Å². The van der Waals surface area contributed by atoms with Crippen molar-refractivity contribution < 1.29 is 0 Å². The molecule has 0 spiro atoms. The zero-order valence-electron chi connectivity index (χ0n) is 7.14. The topological polar surface area (TPSA) is 0 Å². The summed E-state index contributed by atoms with van der Waals surface area (Å²) in [5.41, 5.74) is 2.39. The van der Waals surface area contributed by atoms with Gasteiger partial charge in [-0.05, 0) is 17.2 Å². The van der Waals surface area contributed by atoms with Crippen LogP contribution in [0.3, 0.4) is 0 Å². The van der Waals surface area contributed by atoms with Crippen molar-refractivity contribution in [3.63, 3.8) is 0 Å². The van der Waals surface area contributed by atoms with Gasteiger partial charge in [0.1, 0.15) is 0 Å². The summed E-state index contributed by atoms with van der Waals surface area (Å²) in [6, 6.07) is 0. The second kappa shape index (κ2) is 3.67. The quantitative estimate of drug-likeness (QED) is 0.551. The maximum Gasteiger partial charge on any atom is 0.0119 e. The van der Waals surface area contributed by atoms with E-state index in [1.807, 2.05) is 36.5 Å². The Morgan fingerprint density at radius 3 is 2.46 bits per heavy atom. The molecule has 0 radical (unpaired) electrons. The maximum atomic E-state index is 4.43. The third-order valence-corrected chi connectivity index (χ3v) is 2.38. The molecule has 0 heterocycles. The van der Waals surface area contributed by atoms with Crippen LogP contribution in [0.4, 0.5) is 0 Å². The lowest BCUT2D eigenvalue weighted by Gasteiger charge is -2.04. The van der Waals surface area contributed by atoms with Crippen molar-refractivity contribution in [2.75, 3.05) is 0 Å². The smallest absolute Gasteiger partial charge is 0.0119 e. The van der Waals surface area contributed by atoms with Gasteiger partial charge in [0.2, 0.25) is 0 Å². The van der Waals surface area contributed by atoms with Crippen LogP contribution >= 0.6 is 12.6 Å². The van der Waals surface area contributed by atoms with E-state index in [1.54, 1.807) is 0 Å². The van der Waals surface area contributed by atoms with E-state index in [2.05, 4.69) is 30.9 Å². The standard InChI is InChI=1S/C12H10S/c13-12-9-5-4-7-10-6-2-1-3-8-11(10)12/h1-9,13H. The first kappa shape index (κ1) is 8.39. The molecule has 2 aliphatic rings. The lowest BCUT2D eigenvalue weighted by Crippen LogP contribution is -1.84. The molecule has 2 rings (SSSR count). The molecule has 0 aliphatic heterocycles. The molecule has 0 aromatic heterocycles. The Balaban J connectivity index is 2.54. The Morgan fingerprint density at radius 2 is 1.54 bits per heavy atom. The second-order valence-electron chi connectivity index (χ2n) is 2.88.